The Balaban J connectivity index is 2.13. The molecule has 1 unspecified atom stereocenters. The topological polar surface area (TPSA) is 96.4 Å². The molecule has 2 aromatic rings. The van der Waals surface area contributed by atoms with Gasteiger partial charge in [-0.1, -0.05) is 38.1 Å². The minimum absolute atomic E-state index is 0.0159. The maximum absolute atomic E-state index is 13.2. The van der Waals surface area contributed by atoms with Gasteiger partial charge in [-0.3, -0.25) is 14.4 Å². The quantitative estimate of drug-likeness (QED) is 0.199. The first-order valence-electron chi connectivity index (χ1n) is 11.2. The third-order valence-electron chi connectivity index (χ3n) is 5.87. The number of Topliss-reactive ketones (excluding diaryl/α,β-unsaturated/α-hetero) is 1. The Morgan fingerprint density at radius 2 is 1.74 bits per heavy atom. The lowest BCUT2D eigenvalue weighted by Crippen LogP contribution is -2.38. The average Bonchev–Trinajstić information content (AvgIpc) is 3.09. The Bertz CT molecular complexity index is 1110. The molecule has 1 fully saturated rings. The monoisotopic (exact) mass is 466 g/mol. The molecule has 0 spiro atoms. The lowest BCUT2D eigenvalue weighted by atomic mass is 9.95. The molecule has 0 bridgehead atoms. The molecule has 8 heteroatoms. The molecular weight excluding hydrogens is 436 g/mol. The first kappa shape index (κ1) is 25.0. The van der Waals surface area contributed by atoms with Gasteiger partial charge in [0, 0.05) is 25.6 Å². The van der Waals surface area contributed by atoms with E-state index in [-0.39, 0.29) is 11.3 Å². The van der Waals surface area contributed by atoms with Crippen molar-refractivity contribution in [2.75, 3.05) is 33.3 Å². The van der Waals surface area contributed by atoms with Gasteiger partial charge in [0.1, 0.15) is 17.3 Å². The van der Waals surface area contributed by atoms with Crippen LogP contribution in [-0.4, -0.2) is 65.9 Å². The van der Waals surface area contributed by atoms with Gasteiger partial charge in [0.15, 0.2) is 0 Å². The fourth-order valence-electron chi connectivity index (χ4n) is 4.09. The molecule has 1 aliphatic rings. The number of hydrogen-bond donors (Lipinski definition) is 1. The standard InChI is InChI=1S/C26H30N2O6/c1-5-27(6-2)13-14-28-23(18-9-7-12-21(15-18)34-17(3)29)22(25(31)26(28)32)24(30)19-10-8-11-20(16-19)33-4/h7-12,15-16,23,30H,5-6,13-14H2,1-4H3/b24-22-. The number of methoxy groups -OCH3 is 1. The minimum atomic E-state index is -0.836. The Hall–Kier alpha value is -3.65. The molecule has 0 aromatic heterocycles. The van der Waals surface area contributed by atoms with Crippen LogP contribution in [0.4, 0.5) is 0 Å². The molecular formula is C26H30N2O6. The molecule has 1 amide bonds. The van der Waals surface area contributed by atoms with Crippen LogP contribution in [0.1, 0.15) is 37.9 Å². The van der Waals surface area contributed by atoms with E-state index in [0.717, 1.165) is 13.1 Å². The summed E-state index contributed by atoms with van der Waals surface area (Å²) < 4.78 is 10.5. The number of ether oxygens (including phenoxy) is 2. The van der Waals surface area contributed by atoms with Gasteiger partial charge < -0.3 is 24.4 Å². The lowest BCUT2D eigenvalue weighted by Gasteiger charge is -2.28. The maximum Gasteiger partial charge on any atom is 0.308 e. The van der Waals surface area contributed by atoms with Crippen molar-refractivity contribution in [1.29, 1.82) is 0 Å². The van der Waals surface area contributed by atoms with Crippen LogP contribution in [0.5, 0.6) is 11.5 Å². The zero-order valence-electron chi connectivity index (χ0n) is 19.9. The smallest absolute Gasteiger partial charge is 0.308 e. The SMILES string of the molecule is CCN(CC)CCN1C(=O)C(=O)/C(=C(\O)c2cccc(OC)c2)C1c1cccc(OC(C)=O)c1. The van der Waals surface area contributed by atoms with E-state index in [4.69, 9.17) is 9.47 Å². The van der Waals surface area contributed by atoms with Crippen LogP contribution < -0.4 is 9.47 Å². The normalized spacial score (nSPS) is 17.3. The molecule has 2 aromatic carbocycles. The van der Waals surface area contributed by atoms with Crippen LogP contribution in [0.3, 0.4) is 0 Å². The van der Waals surface area contributed by atoms with Crippen molar-refractivity contribution in [3.05, 3.63) is 65.2 Å². The number of carbonyl (C=O) groups is 3. The van der Waals surface area contributed by atoms with Crippen LogP contribution >= 0.6 is 0 Å². The zero-order chi connectivity index (χ0) is 24.8. The fraction of sp³-hybridized carbons (Fsp3) is 0.346. The number of ketones is 1. The largest absolute Gasteiger partial charge is 0.507 e. The predicted molar refractivity (Wildman–Crippen MR) is 128 cm³/mol. The van der Waals surface area contributed by atoms with Gasteiger partial charge in [-0.25, -0.2) is 0 Å². The lowest BCUT2D eigenvalue weighted by molar-refractivity contribution is -0.140. The molecule has 1 N–H and O–H groups in total. The number of rotatable bonds is 9. The van der Waals surface area contributed by atoms with E-state index in [1.165, 1.54) is 18.9 Å². The van der Waals surface area contributed by atoms with E-state index >= 15 is 0 Å². The van der Waals surface area contributed by atoms with Gasteiger partial charge >= 0.3 is 5.97 Å². The number of hydrogen-bond acceptors (Lipinski definition) is 7. The summed E-state index contributed by atoms with van der Waals surface area (Å²) in [6.07, 6.45) is 0. The van der Waals surface area contributed by atoms with Crippen molar-refractivity contribution in [3.8, 4) is 11.5 Å². The second-order valence-electron chi connectivity index (χ2n) is 7.92. The number of aliphatic hydroxyl groups excluding tert-OH is 1. The first-order chi connectivity index (χ1) is 16.3. The van der Waals surface area contributed by atoms with Gasteiger partial charge in [0.05, 0.1) is 18.7 Å². The zero-order valence-corrected chi connectivity index (χ0v) is 19.9. The van der Waals surface area contributed by atoms with E-state index in [2.05, 4.69) is 4.90 Å². The van der Waals surface area contributed by atoms with Crippen molar-refractivity contribution in [1.82, 2.24) is 9.80 Å². The van der Waals surface area contributed by atoms with Gasteiger partial charge in [-0.05, 0) is 42.9 Å². The van der Waals surface area contributed by atoms with Crippen LogP contribution in [0.25, 0.3) is 5.76 Å². The van der Waals surface area contributed by atoms with Crippen molar-refractivity contribution >= 4 is 23.4 Å². The van der Waals surface area contributed by atoms with E-state index in [1.807, 2.05) is 13.8 Å². The number of aliphatic hydroxyl groups is 1. The van der Waals surface area contributed by atoms with Gasteiger partial charge in [-0.2, -0.15) is 0 Å². The molecule has 0 aliphatic carbocycles. The van der Waals surface area contributed by atoms with E-state index in [0.29, 0.717) is 35.7 Å². The highest BCUT2D eigenvalue weighted by Crippen LogP contribution is 2.40. The average molecular weight is 467 g/mol. The highest BCUT2D eigenvalue weighted by atomic mass is 16.5. The Kier molecular flexibility index (Phi) is 8.07. The van der Waals surface area contributed by atoms with Gasteiger partial charge in [0.2, 0.25) is 0 Å². The minimum Gasteiger partial charge on any atom is -0.507 e. The number of esters is 1. The van der Waals surface area contributed by atoms with Crippen LogP contribution in [0, 0.1) is 0 Å². The van der Waals surface area contributed by atoms with Crippen LogP contribution in [0.2, 0.25) is 0 Å². The molecule has 3 rings (SSSR count). The Labute approximate surface area is 199 Å². The third kappa shape index (κ3) is 5.28. The van der Waals surface area contributed by atoms with Crippen LogP contribution in [0.15, 0.2) is 54.1 Å². The summed E-state index contributed by atoms with van der Waals surface area (Å²) in [4.78, 5) is 41.4. The summed E-state index contributed by atoms with van der Waals surface area (Å²) in [6, 6.07) is 12.5. The second kappa shape index (κ2) is 11.0. The molecule has 1 saturated heterocycles. The highest BCUT2D eigenvalue weighted by molar-refractivity contribution is 6.46. The number of carbonyl (C=O) groups excluding carboxylic acids is 3. The molecule has 1 aliphatic heterocycles. The molecule has 180 valence electrons. The van der Waals surface area contributed by atoms with Crippen molar-refractivity contribution < 1.29 is 29.0 Å². The Morgan fingerprint density at radius 1 is 1.06 bits per heavy atom. The Morgan fingerprint density at radius 3 is 2.38 bits per heavy atom. The molecule has 8 nitrogen and oxygen atoms in total. The summed E-state index contributed by atoms with van der Waals surface area (Å²) in [7, 11) is 1.51. The number of amides is 1. The van der Waals surface area contributed by atoms with E-state index < -0.39 is 23.7 Å². The van der Waals surface area contributed by atoms with E-state index in [9.17, 15) is 19.5 Å². The number of benzene rings is 2. The second-order valence-corrected chi connectivity index (χ2v) is 7.92. The molecule has 1 atom stereocenters. The molecule has 0 saturated carbocycles. The maximum atomic E-state index is 13.2. The van der Waals surface area contributed by atoms with Crippen molar-refractivity contribution in [3.63, 3.8) is 0 Å². The fourth-order valence-corrected chi connectivity index (χ4v) is 4.09. The van der Waals surface area contributed by atoms with E-state index in [1.54, 1.807) is 48.5 Å². The molecule has 1 heterocycles. The van der Waals surface area contributed by atoms with Crippen molar-refractivity contribution in [2.45, 2.75) is 26.8 Å². The first-order valence-corrected chi connectivity index (χ1v) is 11.2. The summed E-state index contributed by atoms with van der Waals surface area (Å²) in [6.45, 7) is 7.82. The third-order valence-corrected chi connectivity index (χ3v) is 5.87. The number of likely N-dealkylation sites (tertiary alicyclic amines) is 1. The highest BCUT2D eigenvalue weighted by Gasteiger charge is 2.46. The van der Waals surface area contributed by atoms with Gasteiger partial charge in [0.25, 0.3) is 11.7 Å². The number of nitrogens with zero attached hydrogens (tertiary/aromatic N) is 2. The molecule has 34 heavy (non-hydrogen) atoms. The molecule has 0 radical (unpaired) electrons. The van der Waals surface area contributed by atoms with Crippen LogP contribution in [-0.2, 0) is 14.4 Å². The summed E-state index contributed by atoms with van der Waals surface area (Å²) in [5, 5.41) is 11.2. The van der Waals surface area contributed by atoms with Gasteiger partial charge in [-0.15, -0.1) is 0 Å². The summed E-state index contributed by atoms with van der Waals surface area (Å²) in [5.41, 5.74) is 0.905. The number of likely N-dealkylation sites (N-methyl/N-ethyl adjacent to an activating group) is 1. The van der Waals surface area contributed by atoms with Crippen molar-refractivity contribution in [2.24, 2.45) is 0 Å². The summed E-state index contributed by atoms with van der Waals surface area (Å²) in [5.74, 6) is -1.41. The summed E-state index contributed by atoms with van der Waals surface area (Å²) >= 11 is 0. The predicted octanol–water partition coefficient (Wildman–Crippen LogP) is 3.38.